The van der Waals surface area contributed by atoms with Crippen LogP contribution in [0.25, 0.3) is 5.69 Å². The van der Waals surface area contributed by atoms with Crippen molar-refractivity contribution in [1.29, 1.82) is 0 Å². The van der Waals surface area contributed by atoms with Gasteiger partial charge in [0.15, 0.2) is 5.82 Å². The number of aryl methyl sites for hydroxylation is 1. The van der Waals surface area contributed by atoms with Crippen LogP contribution in [0.4, 0.5) is 5.69 Å². The highest BCUT2D eigenvalue weighted by atomic mass is 35.5. The number of tetrazole rings is 1. The number of halogens is 1. The molecule has 0 aliphatic heterocycles. The summed E-state index contributed by atoms with van der Waals surface area (Å²) in [5.74, 6) is 0.724. The molecule has 1 aromatic heterocycles. The summed E-state index contributed by atoms with van der Waals surface area (Å²) in [6.07, 6.45) is 4.55. The van der Waals surface area contributed by atoms with E-state index in [2.05, 4.69) is 20.8 Å². The summed E-state index contributed by atoms with van der Waals surface area (Å²) in [7, 11) is 0. The summed E-state index contributed by atoms with van der Waals surface area (Å²) >= 11 is 0. The summed E-state index contributed by atoms with van der Waals surface area (Å²) in [5.41, 5.74) is 7.01. The molecule has 8 heteroatoms. The van der Waals surface area contributed by atoms with Crippen LogP contribution in [0.5, 0.6) is 0 Å². The second kappa shape index (κ2) is 9.91. The van der Waals surface area contributed by atoms with E-state index < -0.39 is 0 Å². The highest BCUT2D eigenvalue weighted by Crippen LogP contribution is 2.15. The Morgan fingerprint density at radius 2 is 2.04 bits per heavy atom. The Morgan fingerprint density at radius 1 is 1.26 bits per heavy atom. The van der Waals surface area contributed by atoms with Crippen molar-refractivity contribution in [3.63, 3.8) is 0 Å². The number of carbonyl (C=O) groups excluding carboxylic acids is 1. The van der Waals surface area contributed by atoms with E-state index in [9.17, 15) is 4.79 Å². The van der Waals surface area contributed by atoms with Crippen molar-refractivity contribution >= 4 is 24.0 Å². The van der Waals surface area contributed by atoms with Crippen molar-refractivity contribution in [1.82, 2.24) is 20.2 Å². The molecule has 0 unspecified atom stereocenters. The lowest BCUT2D eigenvalue weighted by atomic mass is 10.1. The molecule has 7 nitrogen and oxygen atoms in total. The molecule has 0 saturated heterocycles. The van der Waals surface area contributed by atoms with E-state index in [4.69, 9.17) is 5.73 Å². The summed E-state index contributed by atoms with van der Waals surface area (Å²) in [4.78, 5) is 11.9. The van der Waals surface area contributed by atoms with Gasteiger partial charge < -0.3 is 11.1 Å². The summed E-state index contributed by atoms with van der Waals surface area (Å²) < 4.78 is 1.63. The number of carbonyl (C=O) groups is 1. The molecule has 0 bridgehead atoms. The molecular formula is C15H23ClN6O. The van der Waals surface area contributed by atoms with Crippen LogP contribution < -0.4 is 11.1 Å². The molecule has 0 fully saturated rings. The molecule has 2 rings (SSSR count). The van der Waals surface area contributed by atoms with Gasteiger partial charge in [-0.1, -0.05) is 18.9 Å². The number of hydrogen-bond donors (Lipinski definition) is 2. The van der Waals surface area contributed by atoms with Crippen molar-refractivity contribution in [2.45, 2.75) is 39.0 Å². The molecule has 126 valence electrons. The maximum Gasteiger partial charge on any atom is 0.224 e. The lowest BCUT2D eigenvalue weighted by Gasteiger charge is -2.07. The van der Waals surface area contributed by atoms with Gasteiger partial charge in [-0.2, -0.15) is 4.68 Å². The van der Waals surface area contributed by atoms with E-state index in [1.807, 2.05) is 31.2 Å². The lowest BCUT2D eigenvalue weighted by Crippen LogP contribution is -2.11. The monoisotopic (exact) mass is 338 g/mol. The average Bonchev–Trinajstić information content (AvgIpc) is 2.93. The van der Waals surface area contributed by atoms with E-state index in [1.54, 1.807) is 4.68 Å². The minimum atomic E-state index is 0. The fourth-order valence-electron chi connectivity index (χ4n) is 2.19. The van der Waals surface area contributed by atoms with Crippen LogP contribution in [0.1, 0.15) is 37.9 Å². The number of hydrogen-bond acceptors (Lipinski definition) is 5. The van der Waals surface area contributed by atoms with Crippen molar-refractivity contribution in [3.8, 4) is 5.69 Å². The van der Waals surface area contributed by atoms with Crippen molar-refractivity contribution in [3.05, 3.63) is 30.1 Å². The molecule has 2 aromatic rings. The van der Waals surface area contributed by atoms with Crippen LogP contribution in [-0.4, -0.2) is 32.7 Å². The number of nitrogens with one attached hydrogen (secondary N) is 1. The minimum Gasteiger partial charge on any atom is -0.330 e. The third-order valence-corrected chi connectivity index (χ3v) is 3.36. The SMILES string of the molecule is Cc1nnnn1-c1cccc(NC(=O)CCCCCCN)c1.Cl. The third kappa shape index (κ3) is 5.96. The fraction of sp³-hybridized carbons (Fsp3) is 0.467. The smallest absolute Gasteiger partial charge is 0.224 e. The second-order valence-electron chi connectivity index (χ2n) is 5.19. The Balaban J connectivity index is 0.00000264. The number of aromatic nitrogens is 4. The fourth-order valence-corrected chi connectivity index (χ4v) is 2.19. The lowest BCUT2D eigenvalue weighted by molar-refractivity contribution is -0.116. The van der Waals surface area contributed by atoms with Gasteiger partial charge in [0.1, 0.15) is 0 Å². The predicted octanol–water partition coefficient (Wildman–Crippen LogP) is 2.24. The number of rotatable bonds is 8. The van der Waals surface area contributed by atoms with Crippen LogP contribution in [0, 0.1) is 6.92 Å². The zero-order chi connectivity index (χ0) is 15.8. The first-order chi connectivity index (χ1) is 10.7. The molecule has 1 aromatic carbocycles. The second-order valence-corrected chi connectivity index (χ2v) is 5.19. The molecule has 1 heterocycles. The number of amides is 1. The summed E-state index contributed by atoms with van der Waals surface area (Å²) in [6, 6.07) is 7.48. The summed E-state index contributed by atoms with van der Waals surface area (Å²) in [6.45, 7) is 2.54. The van der Waals surface area contributed by atoms with Gasteiger partial charge in [-0.15, -0.1) is 17.5 Å². The maximum atomic E-state index is 11.9. The van der Waals surface area contributed by atoms with Crippen molar-refractivity contribution < 1.29 is 4.79 Å². The van der Waals surface area contributed by atoms with Gasteiger partial charge in [0, 0.05) is 12.1 Å². The minimum absolute atomic E-state index is 0. The number of nitrogens with two attached hydrogens (primary N) is 1. The Labute approximate surface area is 142 Å². The first kappa shape index (κ1) is 19.1. The molecule has 0 spiro atoms. The van der Waals surface area contributed by atoms with E-state index >= 15 is 0 Å². The van der Waals surface area contributed by atoms with E-state index in [0.717, 1.165) is 43.6 Å². The molecule has 1 amide bonds. The molecule has 0 aliphatic carbocycles. The van der Waals surface area contributed by atoms with Gasteiger partial charge >= 0.3 is 0 Å². The van der Waals surface area contributed by atoms with Gasteiger partial charge in [0.05, 0.1) is 5.69 Å². The van der Waals surface area contributed by atoms with E-state index in [-0.39, 0.29) is 18.3 Å². The third-order valence-electron chi connectivity index (χ3n) is 3.36. The van der Waals surface area contributed by atoms with Gasteiger partial charge in [-0.3, -0.25) is 4.79 Å². The molecule has 0 saturated carbocycles. The zero-order valence-corrected chi connectivity index (χ0v) is 14.1. The molecule has 3 N–H and O–H groups in total. The van der Waals surface area contributed by atoms with Crippen molar-refractivity contribution in [2.75, 3.05) is 11.9 Å². The predicted molar refractivity (Wildman–Crippen MR) is 91.9 cm³/mol. The topological polar surface area (TPSA) is 98.7 Å². The number of nitrogens with zero attached hydrogens (tertiary/aromatic N) is 4. The number of unbranched alkanes of at least 4 members (excludes halogenated alkanes) is 3. The number of benzene rings is 1. The molecule has 0 aliphatic rings. The quantitative estimate of drug-likeness (QED) is 0.719. The standard InChI is InChI=1S/C15H22N6O.ClH/c1-12-18-19-20-21(12)14-8-6-7-13(11-14)17-15(22)9-4-2-3-5-10-16;/h6-8,11H,2-5,9-10,16H2,1H3,(H,17,22);1H. The molecule has 23 heavy (non-hydrogen) atoms. The van der Waals surface area contributed by atoms with Gasteiger partial charge in [0.25, 0.3) is 0 Å². The maximum absolute atomic E-state index is 11.9. The Bertz CT molecular complexity index is 616. The van der Waals surface area contributed by atoms with Crippen LogP contribution in [-0.2, 0) is 4.79 Å². The van der Waals surface area contributed by atoms with E-state index in [1.165, 1.54) is 0 Å². The average molecular weight is 339 g/mol. The van der Waals surface area contributed by atoms with Crippen LogP contribution >= 0.6 is 12.4 Å². The highest BCUT2D eigenvalue weighted by molar-refractivity contribution is 5.90. The molecule has 0 radical (unpaired) electrons. The Morgan fingerprint density at radius 3 is 2.74 bits per heavy atom. The van der Waals surface area contributed by atoms with Crippen LogP contribution in [0.3, 0.4) is 0 Å². The highest BCUT2D eigenvalue weighted by Gasteiger charge is 2.06. The first-order valence-electron chi connectivity index (χ1n) is 7.56. The van der Waals surface area contributed by atoms with E-state index in [0.29, 0.717) is 12.2 Å². The first-order valence-corrected chi connectivity index (χ1v) is 7.56. The van der Waals surface area contributed by atoms with Crippen molar-refractivity contribution in [2.24, 2.45) is 5.73 Å². The Hall–Kier alpha value is -1.99. The van der Waals surface area contributed by atoms with Gasteiger partial charge in [-0.25, -0.2) is 0 Å². The summed E-state index contributed by atoms with van der Waals surface area (Å²) in [5, 5.41) is 14.3. The number of anilines is 1. The zero-order valence-electron chi connectivity index (χ0n) is 13.2. The van der Waals surface area contributed by atoms with Crippen LogP contribution in [0.15, 0.2) is 24.3 Å². The molecule has 0 atom stereocenters. The Kier molecular flexibility index (Phi) is 8.21. The largest absolute Gasteiger partial charge is 0.330 e. The molecular weight excluding hydrogens is 316 g/mol. The van der Waals surface area contributed by atoms with Gasteiger partial charge in [-0.05, 0) is 54.9 Å². The normalized spacial score (nSPS) is 10.2. The van der Waals surface area contributed by atoms with Gasteiger partial charge in [0.2, 0.25) is 5.91 Å². The van der Waals surface area contributed by atoms with Crippen LogP contribution in [0.2, 0.25) is 0 Å².